The Kier molecular flexibility index (Phi) is 45.2. The van der Waals surface area contributed by atoms with Gasteiger partial charge in [0.05, 0.1) is 25.2 Å². The second kappa shape index (κ2) is 47.4. The van der Waals surface area contributed by atoms with Gasteiger partial charge < -0.3 is 20.3 Å². The lowest BCUT2D eigenvalue weighted by Crippen LogP contribution is -2.46. The van der Waals surface area contributed by atoms with E-state index in [1.165, 1.54) is 128 Å². The number of amides is 1. The van der Waals surface area contributed by atoms with Gasteiger partial charge in [-0.1, -0.05) is 216 Å². The molecular weight excluding hydrogens is 743 g/mol. The fourth-order valence-corrected chi connectivity index (χ4v) is 7.15. The Labute approximate surface area is 371 Å². The molecular formula is C54H95NO5. The number of ether oxygens (including phenoxy) is 1. The van der Waals surface area contributed by atoms with Crippen LogP contribution in [0.4, 0.5) is 0 Å². The number of unbranched alkanes of at least 4 members (excludes halogenated alkanes) is 22. The van der Waals surface area contributed by atoms with E-state index >= 15 is 0 Å². The van der Waals surface area contributed by atoms with E-state index < -0.39 is 18.2 Å². The van der Waals surface area contributed by atoms with Crippen molar-refractivity contribution in [1.29, 1.82) is 0 Å². The molecule has 346 valence electrons. The van der Waals surface area contributed by atoms with Gasteiger partial charge in [-0.15, -0.1) is 0 Å². The van der Waals surface area contributed by atoms with Crippen LogP contribution in [0.3, 0.4) is 0 Å². The van der Waals surface area contributed by atoms with Crippen LogP contribution < -0.4 is 5.32 Å². The Hall–Kier alpha value is -2.70. The molecule has 0 aromatic carbocycles. The van der Waals surface area contributed by atoms with E-state index in [-0.39, 0.29) is 31.3 Å². The van der Waals surface area contributed by atoms with Crippen molar-refractivity contribution in [3.05, 3.63) is 72.9 Å². The molecule has 0 saturated heterocycles. The summed E-state index contributed by atoms with van der Waals surface area (Å²) in [6.45, 7) is 6.39. The number of carbonyl (C=O) groups is 2. The second-order valence-electron chi connectivity index (χ2n) is 16.9. The first-order valence-corrected chi connectivity index (χ1v) is 25.2. The predicted octanol–water partition coefficient (Wildman–Crippen LogP) is 15.0. The summed E-state index contributed by atoms with van der Waals surface area (Å²) in [7, 11) is 0. The topological polar surface area (TPSA) is 95.9 Å². The van der Waals surface area contributed by atoms with E-state index in [0.717, 1.165) is 51.4 Å². The molecule has 0 spiro atoms. The maximum atomic E-state index is 13.1. The lowest BCUT2D eigenvalue weighted by atomic mass is 10.0. The molecule has 0 fully saturated rings. The number of nitrogens with one attached hydrogen (secondary N) is 1. The Morgan fingerprint density at radius 1 is 0.500 bits per heavy atom. The molecule has 0 aliphatic heterocycles. The summed E-state index contributed by atoms with van der Waals surface area (Å²) in [5.41, 5.74) is 0. The van der Waals surface area contributed by atoms with Gasteiger partial charge in [-0.25, -0.2) is 0 Å². The summed E-state index contributed by atoms with van der Waals surface area (Å²) in [5, 5.41) is 23.6. The lowest BCUT2D eigenvalue weighted by molar-refractivity contribution is -0.148. The highest BCUT2D eigenvalue weighted by Crippen LogP contribution is 2.15. The molecule has 0 heterocycles. The van der Waals surface area contributed by atoms with Crippen LogP contribution >= 0.6 is 0 Å². The number of aliphatic hydroxyl groups is 2. The van der Waals surface area contributed by atoms with E-state index in [0.29, 0.717) is 19.3 Å². The SMILES string of the molecule is CCCCC/C=C\C/C=C\C/C=C\C/C=C\CCCC(=O)OC(/C=C/C/C=C\CCCCCCCC)CC(=O)NC(CO)C(O)CCCCCCCCCCCCCCC. The van der Waals surface area contributed by atoms with Gasteiger partial charge in [0.15, 0.2) is 0 Å². The van der Waals surface area contributed by atoms with Gasteiger partial charge in [-0.2, -0.15) is 0 Å². The number of hydrogen-bond acceptors (Lipinski definition) is 5. The number of hydrogen-bond donors (Lipinski definition) is 3. The van der Waals surface area contributed by atoms with Crippen LogP contribution in [0, 0.1) is 0 Å². The molecule has 1 amide bonds. The van der Waals surface area contributed by atoms with Crippen molar-refractivity contribution in [2.24, 2.45) is 0 Å². The maximum absolute atomic E-state index is 13.1. The normalized spacial score (nSPS) is 13.9. The van der Waals surface area contributed by atoms with Gasteiger partial charge in [0.1, 0.15) is 6.10 Å². The van der Waals surface area contributed by atoms with E-state index in [2.05, 4.69) is 86.8 Å². The molecule has 0 bridgehead atoms. The molecule has 0 aromatic heterocycles. The predicted molar refractivity (Wildman–Crippen MR) is 259 cm³/mol. The highest BCUT2D eigenvalue weighted by Gasteiger charge is 2.23. The Bertz CT molecular complexity index is 1120. The van der Waals surface area contributed by atoms with Crippen molar-refractivity contribution < 1.29 is 24.5 Å². The molecule has 0 saturated carbocycles. The van der Waals surface area contributed by atoms with E-state index in [9.17, 15) is 19.8 Å². The molecule has 0 aliphatic rings. The van der Waals surface area contributed by atoms with Gasteiger partial charge in [0.2, 0.25) is 5.91 Å². The summed E-state index contributed by atoms with van der Waals surface area (Å²) in [5.74, 6) is -0.672. The highest BCUT2D eigenvalue weighted by molar-refractivity contribution is 5.78. The zero-order valence-electron chi connectivity index (χ0n) is 39.3. The van der Waals surface area contributed by atoms with Gasteiger partial charge in [0.25, 0.3) is 0 Å². The number of rotatable bonds is 44. The smallest absolute Gasteiger partial charge is 0.306 e. The monoisotopic (exact) mass is 838 g/mol. The van der Waals surface area contributed by atoms with Crippen molar-refractivity contribution in [2.45, 2.75) is 251 Å². The zero-order valence-corrected chi connectivity index (χ0v) is 39.3. The van der Waals surface area contributed by atoms with Gasteiger partial charge in [-0.05, 0) is 76.7 Å². The summed E-state index contributed by atoms with van der Waals surface area (Å²) in [4.78, 5) is 26.0. The van der Waals surface area contributed by atoms with Crippen LogP contribution in [0.2, 0.25) is 0 Å². The summed E-state index contributed by atoms with van der Waals surface area (Å²) >= 11 is 0. The first-order valence-electron chi connectivity index (χ1n) is 25.2. The number of aliphatic hydroxyl groups excluding tert-OH is 2. The molecule has 3 N–H and O–H groups in total. The third kappa shape index (κ3) is 42.0. The van der Waals surface area contributed by atoms with Crippen molar-refractivity contribution in [3.8, 4) is 0 Å². The number of esters is 1. The fraction of sp³-hybridized carbons (Fsp3) is 0.741. The minimum absolute atomic E-state index is 0.0527. The third-order valence-corrected chi connectivity index (χ3v) is 11.0. The van der Waals surface area contributed by atoms with Crippen molar-refractivity contribution in [3.63, 3.8) is 0 Å². The van der Waals surface area contributed by atoms with Crippen LogP contribution in [0.25, 0.3) is 0 Å². The summed E-state index contributed by atoms with van der Waals surface area (Å²) in [6, 6.07) is -0.745. The quantitative estimate of drug-likeness (QED) is 0.0323. The Balaban J connectivity index is 4.71. The average molecular weight is 838 g/mol. The second-order valence-corrected chi connectivity index (χ2v) is 16.9. The van der Waals surface area contributed by atoms with Gasteiger partial charge in [-0.3, -0.25) is 9.59 Å². The number of allylic oxidation sites excluding steroid dienone is 11. The molecule has 3 atom stereocenters. The average Bonchev–Trinajstić information content (AvgIpc) is 3.24. The van der Waals surface area contributed by atoms with Crippen LogP contribution in [0.15, 0.2) is 72.9 Å². The molecule has 0 rings (SSSR count). The summed E-state index contributed by atoms with van der Waals surface area (Å²) < 4.78 is 5.79. The van der Waals surface area contributed by atoms with Crippen molar-refractivity contribution in [1.82, 2.24) is 5.32 Å². The highest BCUT2D eigenvalue weighted by atomic mass is 16.5. The van der Waals surface area contributed by atoms with Crippen LogP contribution in [0.5, 0.6) is 0 Å². The van der Waals surface area contributed by atoms with Crippen molar-refractivity contribution >= 4 is 11.9 Å². The van der Waals surface area contributed by atoms with E-state index in [4.69, 9.17) is 4.74 Å². The van der Waals surface area contributed by atoms with Gasteiger partial charge >= 0.3 is 5.97 Å². The number of carbonyl (C=O) groups excluding carboxylic acids is 2. The Morgan fingerprint density at radius 2 is 0.883 bits per heavy atom. The molecule has 60 heavy (non-hydrogen) atoms. The molecule has 6 heteroatoms. The first-order chi connectivity index (χ1) is 29.5. The third-order valence-electron chi connectivity index (χ3n) is 11.0. The lowest BCUT2D eigenvalue weighted by Gasteiger charge is -2.23. The van der Waals surface area contributed by atoms with Crippen LogP contribution in [-0.2, 0) is 14.3 Å². The van der Waals surface area contributed by atoms with Crippen LogP contribution in [0.1, 0.15) is 233 Å². The van der Waals surface area contributed by atoms with Crippen LogP contribution in [-0.4, -0.2) is 46.9 Å². The van der Waals surface area contributed by atoms with E-state index in [1.807, 2.05) is 6.08 Å². The molecule has 0 radical (unpaired) electrons. The molecule has 0 aromatic rings. The van der Waals surface area contributed by atoms with Crippen molar-refractivity contribution in [2.75, 3.05) is 6.61 Å². The fourth-order valence-electron chi connectivity index (χ4n) is 7.15. The summed E-state index contributed by atoms with van der Waals surface area (Å²) in [6.07, 6.45) is 59.9. The maximum Gasteiger partial charge on any atom is 0.306 e. The molecule has 0 aliphatic carbocycles. The standard InChI is InChI=1S/C54H95NO5/c1-4-7-10-13-16-19-22-24-25-26-27-29-32-35-38-41-44-47-54(59)60-50(45-42-39-36-33-30-21-18-15-12-9-6-3)48-53(58)55-51(49-56)52(57)46-43-40-37-34-31-28-23-20-17-14-11-8-5-2/h16,19,24-25,27,29,33,35-36,38,42,45,50-52,56-57H,4-15,17-18,20-23,26,28,30-32,34,37,39-41,43-44,46-49H2,1-3H3,(H,55,58)/b19-16-,25-24-,29-27-,36-33-,38-35-,45-42+. The molecule has 6 nitrogen and oxygen atoms in total. The first kappa shape index (κ1) is 57.3. The van der Waals surface area contributed by atoms with Gasteiger partial charge in [0, 0.05) is 6.42 Å². The minimum atomic E-state index is -0.822. The zero-order chi connectivity index (χ0) is 43.8. The Morgan fingerprint density at radius 3 is 1.37 bits per heavy atom. The van der Waals surface area contributed by atoms with E-state index in [1.54, 1.807) is 6.08 Å². The largest absolute Gasteiger partial charge is 0.458 e. The molecule has 3 unspecified atom stereocenters. The minimum Gasteiger partial charge on any atom is -0.458 e.